The molecular weight excluding hydrogens is 256 g/mol. The van der Waals surface area contributed by atoms with Crippen LogP contribution < -0.4 is 11.1 Å². The Morgan fingerprint density at radius 2 is 2.00 bits per heavy atom. The van der Waals surface area contributed by atoms with Crippen LogP contribution in [0, 0.1) is 0 Å². The predicted octanol–water partition coefficient (Wildman–Crippen LogP) is 3.40. The number of nitrogens with one attached hydrogen (secondary N) is 1. The van der Waals surface area contributed by atoms with Gasteiger partial charge in [-0.2, -0.15) is 4.98 Å². The van der Waals surface area contributed by atoms with Crippen LogP contribution >= 0.6 is 11.8 Å². The van der Waals surface area contributed by atoms with E-state index in [0.29, 0.717) is 17.7 Å². The molecule has 0 amide bonds. The Labute approximate surface area is 116 Å². The van der Waals surface area contributed by atoms with E-state index in [1.165, 1.54) is 17.7 Å². The van der Waals surface area contributed by atoms with Gasteiger partial charge in [0.1, 0.15) is 5.82 Å². The van der Waals surface area contributed by atoms with E-state index >= 15 is 0 Å². The zero-order valence-corrected chi connectivity index (χ0v) is 11.6. The molecule has 5 heteroatoms. The van der Waals surface area contributed by atoms with E-state index in [1.807, 2.05) is 18.3 Å². The summed E-state index contributed by atoms with van der Waals surface area (Å²) in [6, 6.07) is 8.16. The summed E-state index contributed by atoms with van der Waals surface area (Å²) >= 11 is 1.72. The van der Waals surface area contributed by atoms with Gasteiger partial charge in [-0.05, 0) is 49.3 Å². The molecule has 1 saturated carbocycles. The molecule has 98 valence electrons. The Morgan fingerprint density at radius 3 is 2.58 bits per heavy atom. The fourth-order valence-corrected chi connectivity index (χ4v) is 2.39. The Bertz CT molecular complexity index is 578. The van der Waals surface area contributed by atoms with Crippen LogP contribution in [0.15, 0.2) is 35.4 Å². The Balaban J connectivity index is 1.76. The highest BCUT2D eigenvalue weighted by Crippen LogP contribution is 2.41. The van der Waals surface area contributed by atoms with Gasteiger partial charge in [0, 0.05) is 22.3 Å². The zero-order chi connectivity index (χ0) is 13.2. The van der Waals surface area contributed by atoms with Crippen molar-refractivity contribution in [2.75, 3.05) is 17.3 Å². The molecule has 1 heterocycles. The smallest absolute Gasteiger partial charge is 0.229 e. The molecule has 2 aromatic rings. The molecule has 1 fully saturated rings. The highest BCUT2D eigenvalue weighted by atomic mass is 32.2. The van der Waals surface area contributed by atoms with E-state index in [0.717, 1.165) is 11.3 Å². The molecule has 19 heavy (non-hydrogen) atoms. The molecule has 0 atom stereocenters. The molecule has 3 N–H and O–H groups in total. The van der Waals surface area contributed by atoms with E-state index in [-0.39, 0.29) is 0 Å². The van der Waals surface area contributed by atoms with Gasteiger partial charge in [-0.15, -0.1) is 11.8 Å². The van der Waals surface area contributed by atoms with Crippen molar-refractivity contribution in [3.8, 4) is 0 Å². The highest BCUT2D eigenvalue weighted by molar-refractivity contribution is 7.98. The lowest BCUT2D eigenvalue weighted by molar-refractivity contribution is 1.05. The standard InChI is InChI=1S/C14H16N4S/c1-19-11-6-4-10(5-7-11)17-14-16-8-12(9-2-3-9)13(15)18-14/h4-9H,2-3H2,1H3,(H3,15,16,17,18). The van der Waals surface area contributed by atoms with Crippen LogP contribution in [0.4, 0.5) is 17.5 Å². The maximum Gasteiger partial charge on any atom is 0.229 e. The molecule has 3 rings (SSSR count). The number of thioether (sulfide) groups is 1. The molecule has 0 bridgehead atoms. The van der Waals surface area contributed by atoms with Crippen molar-refractivity contribution >= 4 is 29.2 Å². The lowest BCUT2D eigenvalue weighted by Gasteiger charge is -2.08. The lowest BCUT2D eigenvalue weighted by atomic mass is 10.2. The average Bonchev–Trinajstić information content (AvgIpc) is 3.24. The van der Waals surface area contributed by atoms with Crippen molar-refractivity contribution in [3.05, 3.63) is 36.0 Å². The van der Waals surface area contributed by atoms with E-state index < -0.39 is 0 Å². The van der Waals surface area contributed by atoms with E-state index in [2.05, 4.69) is 33.7 Å². The molecule has 0 unspecified atom stereocenters. The van der Waals surface area contributed by atoms with Gasteiger partial charge in [-0.25, -0.2) is 4.98 Å². The lowest BCUT2D eigenvalue weighted by Crippen LogP contribution is -2.03. The van der Waals surface area contributed by atoms with E-state index in [4.69, 9.17) is 5.73 Å². The molecule has 1 aliphatic rings. The number of benzene rings is 1. The predicted molar refractivity (Wildman–Crippen MR) is 79.9 cm³/mol. The summed E-state index contributed by atoms with van der Waals surface area (Å²) in [5.41, 5.74) is 8.02. The van der Waals surface area contributed by atoms with Gasteiger partial charge in [0.05, 0.1) is 0 Å². The van der Waals surface area contributed by atoms with Gasteiger partial charge in [0.15, 0.2) is 0 Å². The van der Waals surface area contributed by atoms with Crippen LogP contribution in [0.3, 0.4) is 0 Å². The first-order valence-corrected chi connectivity index (χ1v) is 7.52. The van der Waals surface area contributed by atoms with Crippen molar-refractivity contribution in [2.24, 2.45) is 0 Å². The molecule has 1 aromatic carbocycles. The summed E-state index contributed by atoms with van der Waals surface area (Å²) < 4.78 is 0. The third-order valence-corrected chi connectivity index (χ3v) is 3.95. The molecule has 4 nitrogen and oxygen atoms in total. The summed E-state index contributed by atoms with van der Waals surface area (Å²) in [6.07, 6.45) is 6.31. The summed E-state index contributed by atoms with van der Waals surface area (Å²) in [4.78, 5) is 9.89. The topological polar surface area (TPSA) is 63.8 Å². The fraction of sp³-hybridized carbons (Fsp3) is 0.286. The summed E-state index contributed by atoms with van der Waals surface area (Å²) in [5.74, 6) is 1.73. The first-order valence-electron chi connectivity index (χ1n) is 6.30. The zero-order valence-electron chi connectivity index (χ0n) is 10.8. The third-order valence-electron chi connectivity index (χ3n) is 3.21. The van der Waals surface area contributed by atoms with Crippen LogP contribution in [-0.2, 0) is 0 Å². The maximum atomic E-state index is 5.97. The van der Waals surface area contributed by atoms with Gasteiger partial charge >= 0.3 is 0 Å². The second-order valence-corrected chi connectivity index (χ2v) is 5.54. The SMILES string of the molecule is CSc1ccc(Nc2ncc(C3CC3)c(N)n2)cc1. The average molecular weight is 272 g/mol. The number of anilines is 3. The first kappa shape index (κ1) is 12.3. The van der Waals surface area contributed by atoms with Crippen LogP contribution in [0.5, 0.6) is 0 Å². The number of nitrogen functional groups attached to an aromatic ring is 1. The Hall–Kier alpha value is -1.75. The van der Waals surface area contributed by atoms with Crippen LogP contribution in [-0.4, -0.2) is 16.2 Å². The Kier molecular flexibility index (Phi) is 3.29. The van der Waals surface area contributed by atoms with E-state index in [9.17, 15) is 0 Å². The number of hydrogen-bond acceptors (Lipinski definition) is 5. The molecule has 0 spiro atoms. The van der Waals surface area contributed by atoms with Gasteiger partial charge in [-0.1, -0.05) is 0 Å². The minimum atomic E-state index is 0.554. The number of nitrogens with two attached hydrogens (primary N) is 1. The third kappa shape index (κ3) is 2.81. The van der Waals surface area contributed by atoms with Crippen molar-refractivity contribution in [1.29, 1.82) is 0 Å². The van der Waals surface area contributed by atoms with Gasteiger partial charge < -0.3 is 11.1 Å². The number of nitrogens with zero attached hydrogens (tertiary/aromatic N) is 2. The molecule has 0 saturated heterocycles. The van der Waals surface area contributed by atoms with Gasteiger partial charge in [0.25, 0.3) is 0 Å². The molecule has 0 aliphatic heterocycles. The van der Waals surface area contributed by atoms with Crippen LogP contribution in [0.1, 0.15) is 24.3 Å². The Morgan fingerprint density at radius 1 is 1.26 bits per heavy atom. The second kappa shape index (κ2) is 5.09. The van der Waals surface area contributed by atoms with Gasteiger partial charge in [-0.3, -0.25) is 0 Å². The van der Waals surface area contributed by atoms with E-state index in [1.54, 1.807) is 11.8 Å². The largest absolute Gasteiger partial charge is 0.383 e. The van der Waals surface area contributed by atoms with Gasteiger partial charge in [0.2, 0.25) is 5.95 Å². The summed E-state index contributed by atoms with van der Waals surface area (Å²) in [7, 11) is 0. The van der Waals surface area contributed by atoms with Crippen molar-refractivity contribution in [3.63, 3.8) is 0 Å². The first-order chi connectivity index (χ1) is 9.26. The molecule has 1 aliphatic carbocycles. The monoisotopic (exact) mass is 272 g/mol. The minimum Gasteiger partial charge on any atom is -0.383 e. The number of aromatic nitrogens is 2. The molecule has 1 aromatic heterocycles. The van der Waals surface area contributed by atoms with Crippen molar-refractivity contribution in [1.82, 2.24) is 9.97 Å². The summed E-state index contributed by atoms with van der Waals surface area (Å²) in [5, 5.41) is 3.17. The van der Waals surface area contributed by atoms with Crippen LogP contribution in [0.2, 0.25) is 0 Å². The minimum absolute atomic E-state index is 0.554. The second-order valence-electron chi connectivity index (χ2n) is 4.66. The highest BCUT2D eigenvalue weighted by Gasteiger charge is 2.26. The molecule has 0 radical (unpaired) electrons. The van der Waals surface area contributed by atoms with Crippen molar-refractivity contribution in [2.45, 2.75) is 23.7 Å². The molecular formula is C14H16N4S. The van der Waals surface area contributed by atoms with Crippen LogP contribution in [0.25, 0.3) is 0 Å². The summed E-state index contributed by atoms with van der Waals surface area (Å²) in [6.45, 7) is 0. The van der Waals surface area contributed by atoms with Crippen molar-refractivity contribution < 1.29 is 0 Å². The fourth-order valence-electron chi connectivity index (χ4n) is 1.98. The maximum absolute atomic E-state index is 5.97. The number of hydrogen-bond donors (Lipinski definition) is 2. The quantitative estimate of drug-likeness (QED) is 0.835. The normalized spacial score (nSPS) is 14.4. The number of rotatable bonds is 4.